The zero-order valence-corrected chi connectivity index (χ0v) is 13.2. The monoisotopic (exact) mass is 332 g/mol. The van der Waals surface area contributed by atoms with Gasteiger partial charge in [-0.25, -0.2) is 4.79 Å². The number of thioether (sulfide) groups is 2. The maximum absolute atomic E-state index is 10.8. The summed E-state index contributed by atoms with van der Waals surface area (Å²) in [5.41, 5.74) is 0.229. The molecule has 0 amide bonds. The van der Waals surface area contributed by atoms with E-state index in [1.54, 1.807) is 35.7 Å². The molecule has 0 aliphatic carbocycles. The van der Waals surface area contributed by atoms with Gasteiger partial charge in [-0.05, 0) is 24.3 Å². The second kappa shape index (κ2) is 10.8. The average Bonchev–Trinajstić information content (AvgIpc) is 2.50. The lowest BCUT2D eigenvalue weighted by atomic mass is 10.2. The van der Waals surface area contributed by atoms with Crippen molar-refractivity contribution in [3.05, 3.63) is 29.8 Å². The van der Waals surface area contributed by atoms with E-state index in [9.17, 15) is 4.79 Å². The number of aliphatic hydroxyl groups excluding tert-OH is 2. The fourth-order valence-electron chi connectivity index (χ4n) is 1.53. The minimum atomic E-state index is -0.960. The molecule has 3 N–H and O–H groups in total. The van der Waals surface area contributed by atoms with Gasteiger partial charge in [0.25, 0.3) is 0 Å². The summed E-state index contributed by atoms with van der Waals surface area (Å²) in [4.78, 5) is 10.8. The minimum absolute atomic E-state index is 0.124. The molecular formula is C14H20O5S2. The first-order chi connectivity index (χ1) is 10.2. The number of hydrogen-bond acceptors (Lipinski definition) is 6. The molecule has 0 spiro atoms. The van der Waals surface area contributed by atoms with Crippen molar-refractivity contribution in [2.24, 2.45) is 0 Å². The van der Waals surface area contributed by atoms with Crippen LogP contribution in [-0.4, -0.2) is 63.6 Å². The maximum Gasteiger partial charge on any atom is 0.335 e. The molecule has 0 aromatic heterocycles. The molecule has 0 bridgehead atoms. The van der Waals surface area contributed by atoms with Crippen LogP contribution in [0, 0.1) is 0 Å². The molecule has 0 radical (unpaired) electrons. The predicted octanol–water partition coefficient (Wildman–Crippen LogP) is 1.58. The van der Waals surface area contributed by atoms with E-state index in [-0.39, 0.29) is 24.0 Å². The molecule has 21 heavy (non-hydrogen) atoms. The zero-order chi connectivity index (χ0) is 15.5. The van der Waals surface area contributed by atoms with Crippen molar-refractivity contribution in [1.29, 1.82) is 0 Å². The van der Waals surface area contributed by atoms with Gasteiger partial charge in [-0.15, -0.1) is 0 Å². The highest BCUT2D eigenvalue weighted by molar-refractivity contribution is 8.03. The molecule has 0 heterocycles. The lowest BCUT2D eigenvalue weighted by Crippen LogP contribution is -2.19. The molecule has 0 unspecified atom stereocenters. The number of carboxylic acids is 1. The van der Waals surface area contributed by atoms with Crippen molar-refractivity contribution in [2.45, 2.75) is 5.25 Å². The Labute approximate surface area is 132 Å². The van der Waals surface area contributed by atoms with Crippen LogP contribution in [0.5, 0.6) is 5.75 Å². The third-order valence-corrected chi connectivity index (χ3v) is 5.03. The van der Waals surface area contributed by atoms with Crippen LogP contribution in [0.15, 0.2) is 24.3 Å². The summed E-state index contributed by atoms with van der Waals surface area (Å²) in [6, 6.07) is 6.29. The molecule has 5 nitrogen and oxygen atoms in total. The SMILES string of the molecule is O=C(O)c1ccc(OC[C@H](CSCCO)SCCO)cc1. The summed E-state index contributed by atoms with van der Waals surface area (Å²) in [7, 11) is 0. The van der Waals surface area contributed by atoms with Crippen LogP contribution in [0.4, 0.5) is 0 Å². The lowest BCUT2D eigenvalue weighted by Gasteiger charge is -2.16. The van der Waals surface area contributed by atoms with Crippen LogP contribution in [0.3, 0.4) is 0 Å². The van der Waals surface area contributed by atoms with Gasteiger partial charge in [-0.2, -0.15) is 23.5 Å². The Bertz CT molecular complexity index is 410. The van der Waals surface area contributed by atoms with Crippen LogP contribution in [0.25, 0.3) is 0 Å². The molecule has 1 rings (SSSR count). The van der Waals surface area contributed by atoms with Crippen molar-refractivity contribution < 1.29 is 24.9 Å². The van der Waals surface area contributed by atoms with Crippen LogP contribution < -0.4 is 4.74 Å². The lowest BCUT2D eigenvalue weighted by molar-refractivity contribution is 0.0697. The van der Waals surface area contributed by atoms with E-state index < -0.39 is 5.97 Å². The number of carbonyl (C=O) groups is 1. The number of ether oxygens (including phenoxy) is 1. The molecule has 0 aliphatic heterocycles. The largest absolute Gasteiger partial charge is 0.492 e. The van der Waals surface area contributed by atoms with Crippen molar-refractivity contribution in [3.8, 4) is 5.75 Å². The van der Waals surface area contributed by atoms with E-state index >= 15 is 0 Å². The standard InChI is InChI=1S/C14H20O5S2/c15-5-7-20-10-13(21-8-6-16)9-19-12-3-1-11(2-4-12)14(17)18/h1-4,13,15-16H,5-10H2,(H,17,18)/t13-/m1/s1. The van der Waals surface area contributed by atoms with Gasteiger partial charge in [0.05, 0.1) is 18.8 Å². The molecule has 7 heteroatoms. The first-order valence-electron chi connectivity index (χ1n) is 6.54. The normalized spacial score (nSPS) is 12.1. The zero-order valence-electron chi connectivity index (χ0n) is 11.6. The van der Waals surface area contributed by atoms with Crippen LogP contribution in [-0.2, 0) is 0 Å². The number of aliphatic hydroxyl groups is 2. The highest BCUT2D eigenvalue weighted by Gasteiger charge is 2.11. The summed E-state index contributed by atoms with van der Waals surface area (Å²) in [6.07, 6.45) is 0. The second-order valence-electron chi connectivity index (χ2n) is 4.16. The summed E-state index contributed by atoms with van der Waals surface area (Å²) in [5, 5.41) is 26.7. The number of aromatic carboxylic acids is 1. The molecule has 1 aromatic carbocycles. The Balaban J connectivity index is 2.44. The Hall–Kier alpha value is -0.890. The third kappa shape index (κ3) is 7.61. The maximum atomic E-state index is 10.8. The highest BCUT2D eigenvalue weighted by atomic mass is 32.2. The molecule has 0 saturated carbocycles. The minimum Gasteiger partial charge on any atom is -0.492 e. The van der Waals surface area contributed by atoms with Gasteiger partial charge in [-0.1, -0.05) is 0 Å². The molecule has 118 valence electrons. The number of benzene rings is 1. The molecule has 0 fully saturated rings. The Morgan fingerprint density at radius 3 is 2.38 bits per heavy atom. The molecule has 0 aliphatic rings. The van der Waals surface area contributed by atoms with Gasteiger partial charge in [0.15, 0.2) is 0 Å². The van der Waals surface area contributed by atoms with E-state index in [1.807, 2.05) is 0 Å². The molecule has 0 saturated heterocycles. The summed E-state index contributed by atoms with van der Waals surface area (Å²) in [6.45, 7) is 0.758. The predicted molar refractivity (Wildman–Crippen MR) is 86.6 cm³/mol. The van der Waals surface area contributed by atoms with E-state index in [0.29, 0.717) is 23.9 Å². The Morgan fingerprint density at radius 2 is 1.81 bits per heavy atom. The van der Waals surface area contributed by atoms with Gasteiger partial charge in [0.2, 0.25) is 0 Å². The summed E-state index contributed by atoms with van der Waals surface area (Å²) < 4.78 is 5.66. The number of hydrogen-bond donors (Lipinski definition) is 3. The van der Waals surface area contributed by atoms with Crippen molar-refractivity contribution in [1.82, 2.24) is 0 Å². The van der Waals surface area contributed by atoms with E-state index in [0.717, 1.165) is 5.75 Å². The highest BCUT2D eigenvalue weighted by Crippen LogP contribution is 2.19. The third-order valence-electron chi connectivity index (χ3n) is 2.52. The van der Waals surface area contributed by atoms with E-state index in [2.05, 4.69) is 0 Å². The quantitative estimate of drug-likeness (QED) is 0.530. The fourth-order valence-corrected chi connectivity index (χ4v) is 3.46. The second-order valence-corrected chi connectivity index (χ2v) is 6.71. The summed E-state index contributed by atoms with van der Waals surface area (Å²) in [5.74, 6) is 1.83. The first-order valence-corrected chi connectivity index (χ1v) is 8.75. The van der Waals surface area contributed by atoms with Crippen LogP contribution in [0.2, 0.25) is 0 Å². The van der Waals surface area contributed by atoms with Crippen LogP contribution >= 0.6 is 23.5 Å². The van der Waals surface area contributed by atoms with Crippen molar-refractivity contribution in [3.63, 3.8) is 0 Å². The van der Waals surface area contributed by atoms with E-state index in [1.165, 1.54) is 12.1 Å². The van der Waals surface area contributed by atoms with Crippen molar-refractivity contribution in [2.75, 3.05) is 37.1 Å². The smallest absolute Gasteiger partial charge is 0.335 e. The van der Waals surface area contributed by atoms with Crippen molar-refractivity contribution >= 4 is 29.5 Å². The van der Waals surface area contributed by atoms with Crippen LogP contribution in [0.1, 0.15) is 10.4 Å². The first kappa shape index (κ1) is 18.2. The van der Waals surface area contributed by atoms with Gasteiger partial charge < -0.3 is 20.1 Å². The summed E-state index contributed by atoms with van der Waals surface area (Å²) >= 11 is 3.27. The Kier molecular flexibility index (Phi) is 9.32. The van der Waals surface area contributed by atoms with Gasteiger partial charge in [0, 0.05) is 22.5 Å². The number of carboxylic acid groups (broad SMARTS) is 1. The molecule has 1 atom stereocenters. The van der Waals surface area contributed by atoms with Gasteiger partial charge in [-0.3, -0.25) is 0 Å². The van der Waals surface area contributed by atoms with Gasteiger partial charge in [0.1, 0.15) is 12.4 Å². The van der Waals surface area contributed by atoms with Gasteiger partial charge >= 0.3 is 5.97 Å². The average molecular weight is 332 g/mol. The number of rotatable bonds is 11. The van der Waals surface area contributed by atoms with E-state index in [4.69, 9.17) is 20.1 Å². The fraction of sp³-hybridized carbons (Fsp3) is 0.500. The molecule has 1 aromatic rings. The Morgan fingerprint density at radius 1 is 1.14 bits per heavy atom. The molecular weight excluding hydrogens is 312 g/mol. The topological polar surface area (TPSA) is 87.0 Å².